The fourth-order valence-electron chi connectivity index (χ4n) is 4.15. The van der Waals surface area contributed by atoms with Crippen LogP contribution in [0.1, 0.15) is 36.2 Å². The first-order valence-electron chi connectivity index (χ1n) is 10.9. The molecule has 4 rings (SSSR count). The Bertz CT molecular complexity index is 1350. The van der Waals surface area contributed by atoms with Crippen molar-refractivity contribution in [2.75, 3.05) is 33.0 Å². The highest BCUT2D eigenvalue weighted by Gasteiger charge is 2.35. The second-order valence-electron chi connectivity index (χ2n) is 8.24. The Hall–Kier alpha value is -4.13. The predicted octanol–water partition coefficient (Wildman–Crippen LogP) is 3.50. The number of aromatic nitrogens is 3. The Morgan fingerprint density at radius 3 is 2.54 bits per heavy atom. The van der Waals surface area contributed by atoms with E-state index in [1.54, 1.807) is 23.1 Å². The average Bonchev–Trinajstić information content (AvgIpc) is 3.47. The summed E-state index contributed by atoms with van der Waals surface area (Å²) in [6.07, 6.45) is 2.84. The van der Waals surface area contributed by atoms with Gasteiger partial charge in [-0.15, -0.1) is 0 Å². The molecule has 1 fully saturated rings. The molecule has 2 aromatic heterocycles. The molecule has 10 heteroatoms. The standard InChI is InChI=1S/C25H25F2N5O3/c1-5-21(33)31-9-8-16(14-31)32-23-19(25(2,26)27)13-29-24(28)22(23)20(30-32)7-6-15-10-17(34-3)12-18(11-15)35-4/h5,10-13,16H,1,8-9,14H2,2-4H3,(H2,28,29). The van der Waals surface area contributed by atoms with Gasteiger partial charge in [-0.2, -0.15) is 5.10 Å². The molecule has 0 spiro atoms. The van der Waals surface area contributed by atoms with Crippen LogP contribution in [0.4, 0.5) is 14.6 Å². The van der Waals surface area contributed by atoms with E-state index in [0.29, 0.717) is 36.6 Å². The second kappa shape index (κ2) is 9.25. The maximum absolute atomic E-state index is 14.6. The summed E-state index contributed by atoms with van der Waals surface area (Å²) in [6, 6.07) is 4.82. The highest BCUT2D eigenvalue weighted by atomic mass is 19.3. The van der Waals surface area contributed by atoms with Crippen molar-refractivity contribution in [3.63, 3.8) is 0 Å². The predicted molar refractivity (Wildman–Crippen MR) is 127 cm³/mol. The van der Waals surface area contributed by atoms with Gasteiger partial charge in [0.2, 0.25) is 5.91 Å². The maximum atomic E-state index is 14.6. The number of benzene rings is 1. The highest BCUT2D eigenvalue weighted by molar-refractivity contribution is 5.95. The molecule has 1 saturated heterocycles. The molecule has 3 heterocycles. The molecule has 0 saturated carbocycles. The number of ether oxygens (including phenoxy) is 2. The van der Waals surface area contributed by atoms with Crippen LogP contribution in [0.2, 0.25) is 0 Å². The topological polar surface area (TPSA) is 95.5 Å². The number of halogens is 2. The van der Waals surface area contributed by atoms with Crippen LogP contribution in [0.5, 0.6) is 11.5 Å². The van der Waals surface area contributed by atoms with Crippen molar-refractivity contribution in [2.24, 2.45) is 0 Å². The van der Waals surface area contributed by atoms with Crippen molar-refractivity contribution in [2.45, 2.75) is 25.3 Å². The number of pyridine rings is 1. The van der Waals surface area contributed by atoms with Gasteiger partial charge < -0.3 is 20.1 Å². The number of methoxy groups -OCH3 is 2. The summed E-state index contributed by atoms with van der Waals surface area (Å²) in [5, 5.41) is 4.84. The monoisotopic (exact) mass is 481 g/mol. The molecule has 0 bridgehead atoms. The van der Waals surface area contributed by atoms with Crippen LogP contribution >= 0.6 is 0 Å². The third-order valence-corrected chi connectivity index (χ3v) is 5.90. The number of nitrogen functional groups attached to an aromatic ring is 1. The number of nitrogens with two attached hydrogens (primary N) is 1. The van der Waals surface area contributed by atoms with Gasteiger partial charge in [0.05, 0.1) is 36.7 Å². The number of carbonyl (C=O) groups excluding carboxylic acids is 1. The Balaban J connectivity index is 1.88. The minimum Gasteiger partial charge on any atom is -0.497 e. The van der Waals surface area contributed by atoms with Crippen molar-refractivity contribution < 1.29 is 23.0 Å². The van der Waals surface area contributed by atoms with E-state index in [0.717, 1.165) is 13.1 Å². The number of anilines is 1. The normalized spacial score (nSPS) is 15.6. The van der Waals surface area contributed by atoms with Gasteiger partial charge >= 0.3 is 0 Å². The van der Waals surface area contributed by atoms with Crippen LogP contribution in [-0.2, 0) is 10.7 Å². The van der Waals surface area contributed by atoms with Gasteiger partial charge in [-0.25, -0.2) is 13.8 Å². The van der Waals surface area contributed by atoms with Crippen LogP contribution < -0.4 is 15.2 Å². The molecule has 35 heavy (non-hydrogen) atoms. The number of likely N-dealkylation sites (tertiary alicyclic amines) is 1. The molecule has 1 amide bonds. The van der Waals surface area contributed by atoms with Crippen molar-refractivity contribution in [1.29, 1.82) is 0 Å². The van der Waals surface area contributed by atoms with E-state index in [-0.39, 0.29) is 39.9 Å². The molecule has 8 nitrogen and oxygen atoms in total. The molecule has 0 aliphatic carbocycles. The minimum absolute atomic E-state index is 0.0452. The quantitative estimate of drug-likeness (QED) is 0.443. The molecule has 1 aliphatic heterocycles. The molecule has 182 valence electrons. The number of rotatable bonds is 5. The summed E-state index contributed by atoms with van der Waals surface area (Å²) in [5.74, 6) is 3.68. The van der Waals surface area contributed by atoms with Gasteiger partial charge in [-0.1, -0.05) is 12.5 Å². The summed E-state index contributed by atoms with van der Waals surface area (Å²) < 4.78 is 41.3. The van der Waals surface area contributed by atoms with E-state index in [1.807, 2.05) is 0 Å². The maximum Gasteiger partial charge on any atom is 0.274 e. The molecule has 1 atom stereocenters. The Labute approximate surface area is 201 Å². The molecular weight excluding hydrogens is 456 g/mol. The smallest absolute Gasteiger partial charge is 0.274 e. The van der Waals surface area contributed by atoms with Crippen LogP contribution in [-0.4, -0.2) is 52.9 Å². The van der Waals surface area contributed by atoms with Crippen molar-refractivity contribution in [3.05, 3.63) is 53.9 Å². The molecular formula is C25H25F2N5O3. The molecule has 3 aromatic rings. The summed E-state index contributed by atoms with van der Waals surface area (Å²) in [6.45, 7) is 5.08. The number of hydrogen-bond donors (Lipinski definition) is 1. The third-order valence-electron chi connectivity index (χ3n) is 5.90. The van der Waals surface area contributed by atoms with Gasteiger partial charge in [0.25, 0.3) is 5.92 Å². The van der Waals surface area contributed by atoms with Gasteiger partial charge in [0.1, 0.15) is 23.0 Å². The SMILES string of the molecule is C=CC(=O)N1CCC(n2nc(C#Cc3cc(OC)cc(OC)c3)c3c(N)ncc(C(C)(F)F)c32)C1. The zero-order valence-electron chi connectivity index (χ0n) is 19.6. The molecule has 1 unspecified atom stereocenters. The van der Waals surface area contributed by atoms with E-state index in [1.165, 1.54) is 25.0 Å². The first-order valence-corrected chi connectivity index (χ1v) is 10.9. The zero-order valence-corrected chi connectivity index (χ0v) is 19.6. The van der Waals surface area contributed by atoms with Crippen LogP contribution in [0.15, 0.2) is 37.1 Å². The zero-order chi connectivity index (χ0) is 25.3. The summed E-state index contributed by atoms with van der Waals surface area (Å²) in [4.78, 5) is 17.7. The Morgan fingerprint density at radius 1 is 1.26 bits per heavy atom. The summed E-state index contributed by atoms with van der Waals surface area (Å²) >= 11 is 0. The number of nitrogens with zero attached hydrogens (tertiary/aromatic N) is 4. The van der Waals surface area contributed by atoms with Gasteiger partial charge in [0, 0.05) is 37.8 Å². The van der Waals surface area contributed by atoms with E-state index >= 15 is 0 Å². The highest BCUT2D eigenvalue weighted by Crippen LogP contribution is 2.38. The number of hydrogen-bond acceptors (Lipinski definition) is 6. The number of carbonyl (C=O) groups is 1. The summed E-state index contributed by atoms with van der Waals surface area (Å²) in [7, 11) is 3.06. The van der Waals surface area contributed by atoms with Crippen molar-refractivity contribution in [3.8, 4) is 23.3 Å². The lowest BCUT2D eigenvalue weighted by molar-refractivity contribution is -0.125. The summed E-state index contributed by atoms with van der Waals surface area (Å²) in [5.41, 5.74) is 6.79. The van der Waals surface area contributed by atoms with Crippen LogP contribution in [0.25, 0.3) is 10.9 Å². The Morgan fingerprint density at radius 2 is 1.94 bits per heavy atom. The van der Waals surface area contributed by atoms with Gasteiger partial charge in [-0.3, -0.25) is 9.48 Å². The van der Waals surface area contributed by atoms with Crippen LogP contribution in [0.3, 0.4) is 0 Å². The van der Waals surface area contributed by atoms with Crippen LogP contribution in [0, 0.1) is 11.8 Å². The number of amides is 1. The first kappa shape index (κ1) is 24.0. The first-order chi connectivity index (χ1) is 16.7. The lowest BCUT2D eigenvalue weighted by Crippen LogP contribution is -2.27. The second-order valence-corrected chi connectivity index (χ2v) is 8.24. The largest absolute Gasteiger partial charge is 0.497 e. The third kappa shape index (κ3) is 4.62. The van der Waals surface area contributed by atoms with E-state index in [2.05, 4.69) is 28.5 Å². The van der Waals surface area contributed by atoms with E-state index < -0.39 is 5.92 Å². The fourth-order valence-corrected chi connectivity index (χ4v) is 4.15. The Kier molecular flexibility index (Phi) is 6.35. The fraction of sp³-hybridized carbons (Fsp3) is 0.320. The molecule has 2 N–H and O–H groups in total. The van der Waals surface area contributed by atoms with E-state index in [9.17, 15) is 13.6 Å². The molecule has 1 aliphatic rings. The minimum atomic E-state index is -3.20. The van der Waals surface area contributed by atoms with E-state index in [4.69, 9.17) is 15.2 Å². The van der Waals surface area contributed by atoms with Gasteiger partial charge in [-0.05, 0) is 30.6 Å². The lowest BCUT2D eigenvalue weighted by atomic mass is 10.1. The van der Waals surface area contributed by atoms with Gasteiger partial charge in [0.15, 0.2) is 0 Å². The van der Waals surface area contributed by atoms with Crippen molar-refractivity contribution in [1.82, 2.24) is 19.7 Å². The van der Waals surface area contributed by atoms with Crippen molar-refractivity contribution >= 4 is 22.6 Å². The lowest BCUT2D eigenvalue weighted by Gasteiger charge is -2.18. The average molecular weight is 482 g/mol. The molecule has 0 radical (unpaired) electrons. The number of fused-ring (bicyclic) bond motifs is 1. The molecule has 1 aromatic carbocycles. The number of alkyl halides is 2.